The Morgan fingerprint density at radius 2 is 2.17 bits per heavy atom. The van der Waals surface area contributed by atoms with E-state index in [9.17, 15) is 0 Å². The minimum atomic E-state index is 0.195. The van der Waals surface area contributed by atoms with E-state index in [0.29, 0.717) is 0 Å². The molecular formula is C10H14IN. The van der Waals surface area contributed by atoms with E-state index in [4.69, 9.17) is 5.73 Å². The molecule has 0 bridgehead atoms. The Morgan fingerprint density at radius 1 is 1.50 bits per heavy atom. The summed E-state index contributed by atoms with van der Waals surface area (Å²) in [5, 5.41) is 0. The van der Waals surface area contributed by atoms with Crippen LogP contribution in [0.2, 0.25) is 0 Å². The quantitative estimate of drug-likeness (QED) is 0.825. The van der Waals surface area contributed by atoms with Crippen LogP contribution in [0.3, 0.4) is 0 Å². The van der Waals surface area contributed by atoms with Gasteiger partial charge in [0, 0.05) is 9.61 Å². The van der Waals surface area contributed by atoms with Crippen LogP contribution in [0, 0.1) is 10.5 Å². The average Bonchev–Trinajstić information content (AvgIpc) is 2.08. The standard InChI is InChI=1S/C10H14IN/c1-3-10(12)8-4-5-9(11)7(2)6-8/h4-6,10H,3,12H2,1-2H3/t10-/m0/s1. The zero-order valence-corrected chi connectivity index (χ0v) is 9.63. The van der Waals surface area contributed by atoms with Crippen molar-refractivity contribution in [3.63, 3.8) is 0 Å². The third-order valence-electron chi connectivity index (χ3n) is 2.05. The molecule has 0 amide bonds. The zero-order valence-electron chi connectivity index (χ0n) is 7.47. The molecule has 2 heteroatoms. The van der Waals surface area contributed by atoms with Gasteiger partial charge in [0.15, 0.2) is 0 Å². The van der Waals surface area contributed by atoms with Gasteiger partial charge in [-0.3, -0.25) is 0 Å². The molecule has 0 heterocycles. The van der Waals surface area contributed by atoms with Crippen molar-refractivity contribution in [2.75, 3.05) is 0 Å². The van der Waals surface area contributed by atoms with Crippen LogP contribution in [0.1, 0.15) is 30.5 Å². The summed E-state index contributed by atoms with van der Waals surface area (Å²) in [6, 6.07) is 6.61. The van der Waals surface area contributed by atoms with Crippen molar-refractivity contribution in [3.05, 3.63) is 32.9 Å². The second-order valence-corrected chi connectivity index (χ2v) is 4.19. The Labute approximate surface area is 87.5 Å². The molecule has 0 aromatic heterocycles. The molecule has 66 valence electrons. The molecule has 0 aliphatic heterocycles. The number of benzene rings is 1. The number of aryl methyl sites for hydroxylation is 1. The third-order valence-corrected chi connectivity index (χ3v) is 3.26. The van der Waals surface area contributed by atoms with Crippen LogP contribution in [0.4, 0.5) is 0 Å². The molecular weight excluding hydrogens is 261 g/mol. The molecule has 1 atom stereocenters. The monoisotopic (exact) mass is 275 g/mol. The molecule has 2 N–H and O–H groups in total. The van der Waals surface area contributed by atoms with Gasteiger partial charge in [0.25, 0.3) is 0 Å². The molecule has 1 aromatic carbocycles. The molecule has 1 aromatic rings. The number of hydrogen-bond donors (Lipinski definition) is 1. The third kappa shape index (κ3) is 2.20. The molecule has 1 rings (SSSR count). The fourth-order valence-corrected chi connectivity index (χ4v) is 1.47. The van der Waals surface area contributed by atoms with Crippen LogP contribution < -0.4 is 5.73 Å². The highest BCUT2D eigenvalue weighted by Gasteiger charge is 2.03. The Morgan fingerprint density at radius 3 is 2.67 bits per heavy atom. The highest BCUT2D eigenvalue weighted by Crippen LogP contribution is 2.18. The van der Waals surface area contributed by atoms with Crippen molar-refractivity contribution in [3.8, 4) is 0 Å². The lowest BCUT2D eigenvalue weighted by Gasteiger charge is -2.10. The first kappa shape index (κ1) is 9.99. The van der Waals surface area contributed by atoms with Gasteiger partial charge in [0.1, 0.15) is 0 Å². The van der Waals surface area contributed by atoms with Gasteiger partial charge >= 0.3 is 0 Å². The summed E-state index contributed by atoms with van der Waals surface area (Å²) in [6.07, 6.45) is 1.00. The minimum absolute atomic E-state index is 0.195. The molecule has 0 radical (unpaired) electrons. The maximum atomic E-state index is 5.91. The maximum Gasteiger partial charge on any atom is 0.0292 e. The van der Waals surface area contributed by atoms with E-state index < -0.39 is 0 Å². The SMILES string of the molecule is CC[C@H](N)c1ccc(I)c(C)c1. The van der Waals surface area contributed by atoms with Gasteiger partial charge in [-0.15, -0.1) is 0 Å². The van der Waals surface area contributed by atoms with Crippen molar-refractivity contribution in [2.24, 2.45) is 5.73 Å². The second-order valence-electron chi connectivity index (χ2n) is 3.02. The summed E-state index contributed by atoms with van der Waals surface area (Å²) in [7, 11) is 0. The van der Waals surface area contributed by atoms with Crippen LogP contribution in [0.25, 0.3) is 0 Å². The Bertz CT molecular complexity index is 271. The highest BCUT2D eigenvalue weighted by molar-refractivity contribution is 14.1. The van der Waals surface area contributed by atoms with Gasteiger partial charge < -0.3 is 5.73 Å². The first-order chi connectivity index (χ1) is 5.65. The van der Waals surface area contributed by atoms with Gasteiger partial charge in [-0.05, 0) is 53.1 Å². The summed E-state index contributed by atoms with van der Waals surface area (Å²) in [4.78, 5) is 0. The molecule has 12 heavy (non-hydrogen) atoms. The van der Waals surface area contributed by atoms with Crippen molar-refractivity contribution >= 4 is 22.6 Å². The smallest absolute Gasteiger partial charge is 0.0292 e. The molecule has 0 saturated heterocycles. The predicted octanol–water partition coefficient (Wildman–Crippen LogP) is 3.01. The largest absolute Gasteiger partial charge is 0.324 e. The van der Waals surface area contributed by atoms with E-state index in [2.05, 4.69) is 54.6 Å². The second kappa shape index (κ2) is 4.23. The number of nitrogens with two attached hydrogens (primary N) is 1. The van der Waals surface area contributed by atoms with E-state index in [-0.39, 0.29) is 6.04 Å². The van der Waals surface area contributed by atoms with Crippen LogP contribution in [0.15, 0.2) is 18.2 Å². The average molecular weight is 275 g/mol. The summed E-state index contributed by atoms with van der Waals surface area (Å²) in [5.74, 6) is 0. The Kier molecular flexibility index (Phi) is 3.53. The molecule has 1 nitrogen and oxygen atoms in total. The molecule has 0 spiro atoms. The topological polar surface area (TPSA) is 26.0 Å². The predicted molar refractivity (Wildman–Crippen MR) is 61.1 cm³/mol. The number of rotatable bonds is 2. The summed E-state index contributed by atoms with van der Waals surface area (Å²) < 4.78 is 1.31. The molecule has 0 aliphatic carbocycles. The van der Waals surface area contributed by atoms with E-state index in [0.717, 1.165) is 6.42 Å². The van der Waals surface area contributed by atoms with Crippen LogP contribution in [-0.2, 0) is 0 Å². The van der Waals surface area contributed by atoms with E-state index in [1.807, 2.05) is 0 Å². The van der Waals surface area contributed by atoms with Gasteiger partial charge in [-0.2, -0.15) is 0 Å². The number of halogens is 1. The van der Waals surface area contributed by atoms with Gasteiger partial charge in [0.05, 0.1) is 0 Å². The maximum absolute atomic E-state index is 5.91. The van der Waals surface area contributed by atoms with Gasteiger partial charge in [-0.25, -0.2) is 0 Å². The van der Waals surface area contributed by atoms with Crippen molar-refractivity contribution in [1.82, 2.24) is 0 Å². The van der Waals surface area contributed by atoms with Gasteiger partial charge in [-0.1, -0.05) is 19.1 Å². The Balaban J connectivity index is 2.96. The van der Waals surface area contributed by atoms with Crippen molar-refractivity contribution in [1.29, 1.82) is 0 Å². The van der Waals surface area contributed by atoms with Crippen LogP contribution in [0.5, 0.6) is 0 Å². The summed E-state index contributed by atoms with van der Waals surface area (Å²) in [5.41, 5.74) is 8.47. The normalized spacial score (nSPS) is 13.0. The molecule has 0 fully saturated rings. The fraction of sp³-hybridized carbons (Fsp3) is 0.400. The molecule has 0 saturated carbocycles. The van der Waals surface area contributed by atoms with E-state index in [1.165, 1.54) is 14.7 Å². The van der Waals surface area contributed by atoms with Crippen LogP contribution in [-0.4, -0.2) is 0 Å². The minimum Gasteiger partial charge on any atom is -0.324 e. The van der Waals surface area contributed by atoms with E-state index >= 15 is 0 Å². The number of hydrogen-bond acceptors (Lipinski definition) is 1. The van der Waals surface area contributed by atoms with Gasteiger partial charge in [0.2, 0.25) is 0 Å². The molecule has 0 aliphatic rings. The zero-order chi connectivity index (χ0) is 9.14. The Hall–Kier alpha value is -0.0900. The van der Waals surface area contributed by atoms with E-state index in [1.54, 1.807) is 0 Å². The molecule has 0 unspecified atom stereocenters. The highest BCUT2D eigenvalue weighted by atomic mass is 127. The van der Waals surface area contributed by atoms with Crippen molar-refractivity contribution < 1.29 is 0 Å². The lowest BCUT2D eigenvalue weighted by atomic mass is 10.0. The lowest BCUT2D eigenvalue weighted by Crippen LogP contribution is -2.08. The van der Waals surface area contributed by atoms with Crippen molar-refractivity contribution in [2.45, 2.75) is 26.3 Å². The summed E-state index contributed by atoms with van der Waals surface area (Å²) >= 11 is 2.34. The first-order valence-corrected chi connectivity index (χ1v) is 5.24. The fourth-order valence-electron chi connectivity index (χ4n) is 1.13. The lowest BCUT2D eigenvalue weighted by molar-refractivity contribution is 0.698. The first-order valence-electron chi connectivity index (χ1n) is 4.16. The van der Waals surface area contributed by atoms with Crippen LogP contribution >= 0.6 is 22.6 Å². The summed E-state index contributed by atoms with van der Waals surface area (Å²) in [6.45, 7) is 4.23.